The number of benzene rings is 1. The number of hydrogen-bond acceptors (Lipinski definition) is 8. The third-order valence-electron chi connectivity index (χ3n) is 5.76. The lowest BCUT2D eigenvalue weighted by Crippen LogP contribution is -2.36. The van der Waals surface area contributed by atoms with E-state index < -0.39 is 0 Å². The largest absolute Gasteiger partial charge is 0.379 e. The Kier molecular flexibility index (Phi) is 6.41. The van der Waals surface area contributed by atoms with Gasteiger partial charge in [-0.1, -0.05) is 6.07 Å². The van der Waals surface area contributed by atoms with Gasteiger partial charge in [0.1, 0.15) is 5.82 Å². The highest BCUT2D eigenvalue weighted by Gasteiger charge is 2.17. The SMILES string of the molecule is O=C1NCCCNc2cc(ccn2)-c2ccnc(n2)Nc2ccc(CN3CCOCC3)c1c2. The Labute approximate surface area is 192 Å². The van der Waals surface area contributed by atoms with Gasteiger partial charge in [-0.15, -0.1) is 0 Å². The molecule has 2 aliphatic heterocycles. The van der Waals surface area contributed by atoms with E-state index in [1.165, 1.54) is 0 Å². The fourth-order valence-corrected chi connectivity index (χ4v) is 4.00. The Balaban J connectivity index is 1.47. The van der Waals surface area contributed by atoms with Gasteiger partial charge in [0.2, 0.25) is 5.95 Å². The van der Waals surface area contributed by atoms with E-state index in [-0.39, 0.29) is 5.91 Å². The Morgan fingerprint density at radius 2 is 1.82 bits per heavy atom. The van der Waals surface area contributed by atoms with Crippen LogP contribution >= 0.6 is 0 Å². The molecule has 5 rings (SSSR count). The highest BCUT2D eigenvalue weighted by molar-refractivity contribution is 5.96. The minimum absolute atomic E-state index is 0.0798. The van der Waals surface area contributed by atoms with E-state index in [1.54, 1.807) is 12.4 Å². The zero-order valence-electron chi connectivity index (χ0n) is 18.4. The Bertz CT molecular complexity index is 1130. The van der Waals surface area contributed by atoms with Gasteiger partial charge < -0.3 is 20.7 Å². The van der Waals surface area contributed by atoms with E-state index in [1.807, 2.05) is 36.4 Å². The number of nitrogens with zero attached hydrogens (tertiary/aromatic N) is 4. The first kappa shape index (κ1) is 21.3. The summed E-state index contributed by atoms with van der Waals surface area (Å²) in [5.74, 6) is 1.17. The van der Waals surface area contributed by atoms with Crippen LogP contribution in [0.25, 0.3) is 11.3 Å². The normalized spacial score (nSPS) is 16.9. The van der Waals surface area contributed by atoms with Gasteiger partial charge in [0.15, 0.2) is 0 Å². The lowest BCUT2D eigenvalue weighted by Gasteiger charge is -2.27. The predicted octanol–water partition coefficient (Wildman–Crippen LogP) is 2.66. The van der Waals surface area contributed by atoms with Crippen molar-refractivity contribution in [1.82, 2.24) is 25.2 Å². The molecule has 2 aliphatic rings. The smallest absolute Gasteiger partial charge is 0.251 e. The molecule has 3 aromatic rings. The molecule has 0 unspecified atom stereocenters. The molecular formula is C24H27N7O2. The van der Waals surface area contributed by atoms with Crippen LogP contribution in [0.4, 0.5) is 17.5 Å². The summed E-state index contributed by atoms with van der Waals surface area (Å²) in [5, 5.41) is 9.64. The summed E-state index contributed by atoms with van der Waals surface area (Å²) in [5.41, 5.74) is 4.18. The van der Waals surface area contributed by atoms with E-state index in [0.717, 1.165) is 61.1 Å². The van der Waals surface area contributed by atoms with Crippen LogP contribution in [-0.4, -0.2) is 65.2 Å². The van der Waals surface area contributed by atoms with Crippen molar-refractivity contribution in [2.45, 2.75) is 13.0 Å². The van der Waals surface area contributed by atoms with Crippen molar-refractivity contribution in [3.63, 3.8) is 0 Å². The number of rotatable bonds is 2. The van der Waals surface area contributed by atoms with Gasteiger partial charge >= 0.3 is 0 Å². The predicted molar refractivity (Wildman–Crippen MR) is 127 cm³/mol. The average molecular weight is 446 g/mol. The molecule has 1 fully saturated rings. The molecule has 1 amide bonds. The van der Waals surface area contributed by atoms with Crippen LogP contribution in [0.1, 0.15) is 22.3 Å². The zero-order valence-corrected chi connectivity index (χ0v) is 18.4. The molecule has 9 heteroatoms. The highest BCUT2D eigenvalue weighted by atomic mass is 16.5. The van der Waals surface area contributed by atoms with Gasteiger partial charge in [-0.3, -0.25) is 9.69 Å². The van der Waals surface area contributed by atoms with E-state index in [0.29, 0.717) is 31.1 Å². The van der Waals surface area contributed by atoms with Gasteiger partial charge in [-0.25, -0.2) is 15.0 Å². The molecule has 0 aliphatic carbocycles. The second kappa shape index (κ2) is 9.93. The monoisotopic (exact) mass is 445 g/mol. The summed E-state index contributed by atoms with van der Waals surface area (Å²) >= 11 is 0. The fraction of sp³-hybridized carbons (Fsp3) is 0.333. The molecule has 0 radical (unpaired) electrons. The lowest BCUT2D eigenvalue weighted by molar-refractivity contribution is 0.0341. The highest BCUT2D eigenvalue weighted by Crippen LogP contribution is 2.24. The van der Waals surface area contributed by atoms with Gasteiger partial charge in [0.05, 0.1) is 18.9 Å². The molecule has 0 spiro atoms. The molecule has 4 heterocycles. The third-order valence-corrected chi connectivity index (χ3v) is 5.76. The summed E-state index contributed by atoms with van der Waals surface area (Å²) in [6, 6.07) is 11.6. The number of fused-ring (bicyclic) bond motifs is 7. The number of amides is 1. The second-order valence-corrected chi connectivity index (χ2v) is 8.12. The summed E-state index contributed by atoms with van der Waals surface area (Å²) in [6.45, 7) is 5.15. The topological polar surface area (TPSA) is 104 Å². The molecule has 3 N–H and O–H groups in total. The molecular weight excluding hydrogens is 418 g/mol. The van der Waals surface area contributed by atoms with Gasteiger partial charge in [-0.05, 0) is 42.3 Å². The molecule has 2 aromatic heterocycles. The molecule has 1 saturated heterocycles. The van der Waals surface area contributed by atoms with Crippen molar-refractivity contribution in [3.8, 4) is 11.3 Å². The number of carbonyl (C=O) groups is 1. The van der Waals surface area contributed by atoms with Crippen LogP contribution in [0.3, 0.4) is 0 Å². The summed E-state index contributed by atoms with van der Waals surface area (Å²) < 4.78 is 5.46. The fourth-order valence-electron chi connectivity index (χ4n) is 4.00. The molecule has 1 aromatic carbocycles. The number of nitrogens with one attached hydrogen (secondary N) is 3. The molecule has 0 atom stereocenters. The van der Waals surface area contributed by atoms with Crippen LogP contribution < -0.4 is 16.0 Å². The maximum Gasteiger partial charge on any atom is 0.251 e. The van der Waals surface area contributed by atoms with Crippen LogP contribution in [0.15, 0.2) is 48.8 Å². The van der Waals surface area contributed by atoms with Gasteiger partial charge in [0.25, 0.3) is 5.91 Å². The van der Waals surface area contributed by atoms with Gasteiger partial charge in [-0.2, -0.15) is 0 Å². The molecule has 9 nitrogen and oxygen atoms in total. The Morgan fingerprint density at radius 3 is 2.73 bits per heavy atom. The number of aromatic nitrogens is 3. The Hall–Kier alpha value is -3.56. The van der Waals surface area contributed by atoms with Crippen molar-refractivity contribution in [2.75, 3.05) is 50.0 Å². The van der Waals surface area contributed by atoms with Crippen molar-refractivity contribution in [1.29, 1.82) is 0 Å². The second-order valence-electron chi connectivity index (χ2n) is 8.12. The average Bonchev–Trinajstić information content (AvgIpc) is 2.85. The standard InChI is InChI=1S/C24H27N7O2/c32-23-20-15-19(3-2-18(20)16-31-10-12-33-13-11-31)29-24-28-9-5-21(30-24)17-4-8-26-22(14-17)25-6-1-7-27-23/h2-5,8-9,14-15H,1,6-7,10-13,16H2,(H,25,26)(H,27,32)(H,28,29,30). The first-order valence-corrected chi connectivity index (χ1v) is 11.3. The maximum absolute atomic E-state index is 13.1. The molecule has 170 valence electrons. The van der Waals surface area contributed by atoms with Crippen LogP contribution in [0.5, 0.6) is 0 Å². The number of morpholine rings is 1. The van der Waals surface area contributed by atoms with E-state index in [9.17, 15) is 4.79 Å². The van der Waals surface area contributed by atoms with Crippen molar-refractivity contribution in [2.24, 2.45) is 0 Å². The van der Waals surface area contributed by atoms with Crippen LogP contribution in [-0.2, 0) is 11.3 Å². The molecule has 6 bridgehead atoms. The maximum atomic E-state index is 13.1. The number of carbonyl (C=O) groups excluding carboxylic acids is 1. The zero-order chi connectivity index (χ0) is 22.5. The van der Waals surface area contributed by atoms with Crippen molar-refractivity contribution in [3.05, 3.63) is 59.9 Å². The first-order chi connectivity index (χ1) is 16.2. The summed E-state index contributed by atoms with van der Waals surface area (Å²) in [6.07, 6.45) is 4.27. The number of ether oxygens (including phenoxy) is 1. The van der Waals surface area contributed by atoms with Crippen LogP contribution in [0.2, 0.25) is 0 Å². The third kappa shape index (κ3) is 5.27. The minimum atomic E-state index is -0.0798. The molecule has 0 saturated carbocycles. The number of anilines is 3. The van der Waals surface area contributed by atoms with E-state index >= 15 is 0 Å². The van der Waals surface area contributed by atoms with Crippen molar-refractivity contribution < 1.29 is 9.53 Å². The summed E-state index contributed by atoms with van der Waals surface area (Å²) in [7, 11) is 0. The number of pyridine rings is 1. The first-order valence-electron chi connectivity index (χ1n) is 11.3. The lowest BCUT2D eigenvalue weighted by atomic mass is 10.0. The Morgan fingerprint density at radius 1 is 0.970 bits per heavy atom. The quantitative estimate of drug-likeness (QED) is 0.553. The van der Waals surface area contributed by atoms with E-state index in [4.69, 9.17) is 4.74 Å². The van der Waals surface area contributed by atoms with Gasteiger partial charge in [0, 0.05) is 61.9 Å². The van der Waals surface area contributed by atoms with Crippen LogP contribution in [0, 0.1) is 0 Å². The van der Waals surface area contributed by atoms with Crippen molar-refractivity contribution >= 4 is 23.4 Å². The summed E-state index contributed by atoms with van der Waals surface area (Å²) in [4.78, 5) is 28.8. The van der Waals surface area contributed by atoms with E-state index in [2.05, 4.69) is 35.8 Å². The number of hydrogen-bond donors (Lipinski definition) is 3. The minimum Gasteiger partial charge on any atom is -0.379 e. The molecule has 33 heavy (non-hydrogen) atoms.